The number of esters is 1. The molecular weight excluding hydrogens is 317 g/mol. The third-order valence-electron chi connectivity index (χ3n) is 2.84. The fraction of sp³-hybridized carbons (Fsp3) is 0.500. The van der Waals surface area contributed by atoms with E-state index in [2.05, 4.69) is 33.6 Å². The number of carbonyl (C=O) groups excluding carboxylic acids is 1. The number of aromatic nitrogens is 1. The lowest BCUT2D eigenvalue weighted by molar-refractivity contribution is -0.143. The number of hydrogen-bond acceptors (Lipinski definition) is 3. The second kappa shape index (κ2) is 5.12. The molecule has 1 aromatic rings. The highest BCUT2D eigenvalue weighted by molar-refractivity contribution is 14.1. The number of nitrogens with zero attached hydrogens (tertiary/aromatic N) is 1. The van der Waals surface area contributed by atoms with Gasteiger partial charge in [-0.25, -0.2) is 0 Å². The molecular formula is C12H14INO2. The number of pyridine rings is 1. The van der Waals surface area contributed by atoms with Gasteiger partial charge in [-0.05, 0) is 54.0 Å². The smallest absolute Gasteiger partial charge is 0.306 e. The Kier molecular flexibility index (Phi) is 3.78. The maximum absolute atomic E-state index is 11.4. The van der Waals surface area contributed by atoms with Crippen LogP contribution in [0.15, 0.2) is 12.3 Å². The molecule has 3 nitrogen and oxygen atoms in total. The average Bonchev–Trinajstić information content (AvgIpc) is 2.61. The first-order valence-electron chi connectivity index (χ1n) is 5.50. The SMILES string of the molecule is CCOC(=O)CC1CCc2cc(I)cnc21. The molecule has 0 bridgehead atoms. The van der Waals surface area contributed by atoms with Crippen LogP contribution in [0.3, 0.4) is 0 Å². The van der Waals surface area contributed by atoms with Crippen molar-refractivity contribution >= 4 is 28.6 Å². The quantitative estimate of drug-likeness (QED) is 0.631. The molecule has 1 heterocycles. The Balaban J connectivity index is 2.09. The summed E-state index contributed by atoms with van der Waals surface area (Å²) in [5.41, 5.74) is 2.38. The van der Waals surface area contributed by atoms with E-state index < -0.39 is 0 Å². The molecule has 0 amide bonds. The van der Waals surface area contributed by atoms with Crippen molar-refractivity contribution in [3.05, 3.63) is 27.1 Å². The third-order valence-corrected chi connectivity index (χ3v) is 3.43. The van der Waals surface area contributed by atoms with Crippen LogP contribution in [-0.2, 0) is 16.0 Å². The molecule has 2 rings (SSSR count). The van der Waals surface area contributed by atoms with Gasteiger partial charge in [0.25, 0.3) is 0 Å². The van der Waals surface area contributed by atoms with Gasteiger partial charge in [0.1, 0.15) is 0 Å². The van der Waals surface area contributed by atoms with Gasteiger partial charge < -0.3 is 4.74 Å². The van der Waals surface area contributed by atoms with Crippen LogP contribution in [0.5, 0.6) is 0 Å². The molecule has 0 N–H and O–H groups in total. The van der Waals surface area contributed by atoms with E-state index in [4.69, 9.17) is 4.74 Å². The highest BCUT2D eigenvalue weighted by atomic mass is 127. The first kappa shape index (κ1) is 11.8. The molecule has 1 aliphatic rings. The summed E-state index contributed by atoms with van der Waals surface area (Å²) in [6.45, 7) is 2.29. The van der Waals surface area contributed by atoms with Gasteiger partial charge in [0.05, 0.1) is 13.0 Å². The molecule has 0 saturated carbocycles. The van der Waals surface area contributed by atoms with Crippen LogP contribution in [0.2, 0.25) is 0 Å². The fourth-order valence-corrected chi connectivity index (χ4v) is 2.66. The summed E-state index contributed by atoms with van der Waals surface area (Å²) in [6, 6.07) is 2.16. The molecule has 0 aliphatic heterocycles. The lowest BCUT2D eigenvalue weighted by Crippen LogP contribution is -2.09. The van der Waals surface area contributed by atoms with Gasteiger partial charge in [0, 0.05) is 21.4 Å². The van der Waals surface area contributed by atoms with E-state index in [1.807, 2.05) is 13.1 Å². The summed E-state index contributed by atoms with van der Waals surface area (Å²) in [5, 5.41) is 0. The second-order valence-corrected chi connectivity index (χ2v) is 5.19. The fourth-order valence-electron chi connectivity index (χ4n) is 2.15. The maximum atomic E-state index is 11.4. The molecule has 0 radical (unpaired) electrons. The zero-order valence-corrected chi connectivity index (χ0v) is 11.4. The maximum Gasteiger partial charge on any atom is 0.306 e. The summed E-state index contributed by atoms with van der Waals surface area (Å²) >= 11 is 2.26. The molecule has 1 aromatic heterocycles. The summed E-state index contributed by atoms with van der Waals surface area (Å²) in [5.74, 6) is 0.145. The zero-order valence-electron chi connectivity index (χ0n) is 9.20. The first-order valence-corrected chi connectivity index (χ1v) is 6.58. The monoisotopic (exact) mass is 331 g/mol. The van der Waals surface area contributed by atoms with Gasteiger partial charge in [-0.1, -0.05) is 0 Å². The number of rotatable bonds is 3. The Bertz CT molecular complexity index is 406. The van der Waals surface area contributed by atoms with E-state index in [1.54, 1.807) is 0 Å². The van der Waals surface area contributed by atoms with E-state index in [1.165, 1.54) is 5.56 Å². The number of aryl methyl sites for hydroxylation is 1. The van der Waals surface area contributed by atoms with Crippen LogP contribution >= 0.6 is 22.6 Å². The van der Waals surface area contributed by atoms with E-state index >= 15 is 0 Å². The Morgan fingerprint density at radius 2 is 2.50 bits per heavy atom. The van der Waals surface area contributed by atoms with Gasteiger partial charge in [0.15, 0.2) is 0 Å². The summed E-state index contributed by atoms with van der Waals surface area (Å²) in [7, 11) is 0. The summed E-state index contributed by atoms with van der Waals surface area (Å²) in [6.07, 6.45) is 4.38. The van der Waals surface area contributed by atoms with Crippen LogP contribution in [0.1, 0.15) is 36.9 Å². The number of ether oxygens (including phenoxy) is 1. The highest BCUT2D eigenvalue weighted by Crippen LogP contribution is 2.34. The Hall–Kier alpha value is -0.650. The number of carbonyl (C=O) groups is 1. The van der Waals surface area contributed by atoms with E-state index in [0.717, 1.165) is 22.1 Å². The molecule has 4 heteroatoms. The van der Waals surface area contributed by atoms with Crippen LogP contribution < -0.4 is 0 Å². The number of halogens is 1. The van der Waals surface area contributed by atoms with Crippen molar-refractivity contribution in [2.75, 3.05) is 6.61 Å². The van der Waals surface area contributed by atoms with Gasteiger partial charge in [0.2, 0.25) is 0 Å². The Morgan fingerprint density at radius 1 is 1.69 bits per heavy atom. The average molecular weight is 331 g/mol. The topological polar surface area (TPSA) is 39.2 Å². The molecule has 0 saturated heterocycles. The van der Waals surface area contributed by atoms with E-state index in [-0.39, 0.29) is 11.9 Å². The molecule has 1 aliphatic carbocycles. The summed E-state index contributed by atoms with van der Waals surface area (Å²) in [4.78, 5) is 15.9. The molecule has 1 atom stereocenters. The number of fused-ring (bicyclic) bond motifs is 1. The number of hydrogen-bond donors (Lipinski definition) is 0. The molecule has 1 unspecified atom stereocenters. The van der Waals surface area contributed by atoms with E-state index in [0.29, 0.717) is 13.0 Å². The van der Waals surface area contributed by atoms with Crippen molar-refractivity contribution in [3.8, 4) is 0 Å². The van der Waals surface area contributed by atoms with Gasteiger partial charge in [-0.3, -0.25) is 9.78 Å². The van der Waals surface area contributed by atoms with Crippen molar-refractivity contribution < 1.29 is 9.53 Å². The molecule has 0 aromatic carbocycles. The predicted octanol–water partition coefficient (Wildman–Crippen LogP) is 2.67. The molecule has 86 valence electrons. The largest absolute Gasteiger partial charge is 0.466 e. The Morgan fingerprint density at radius 3 is 3.25 bits per heavy atom. The second-order valence-electron chi connectivity index (χ2n) is 3.94. The third kappa shape index (κ3) is 2.53. The van der Waals surface area contributed by atoms with Crippen molar-refractivity contribution in [3.63, 3.8) is 0 Å². The zero-order chi connectivity index (χ0) is 11.5. The van der Waals surface area contributed by atoms with Crippen LogP contribution in [0.25, 0.3) is 0 Å². The standard InChI is InChI=1S/C12H14INO2/c1-2-16-11(15)6-9-4-3-8-5-10(13)7-14-12(8)9/h5,7,9H,2-4,6H2,1H3. The van der Waals surface area contributed by atoms with E-state index in [9.17, 15) is 4.79 Å². The van der Waals surface area contributed by atoms with Gasteiger partial charge in [-0.15, -0.1) is 0 Å². The van der Waals surface area contributed by atoms with Crippen LogP contribution in [0, 0.1) is 3.57 Å². The molecule has 0 spiro atoms. The summed E-state index contributed by atoms with van der Waals surface area (Å²) < 4.78 is 6.13. The van der Waals surface area contributed by atoms with Gasteiger partial charge in [-0.2, -0.15) is 0 Å². The minimum atomic E-state index is -0.110. The molecule has 16 heavy (non-hydrogen) atoms. The lowest BCUT2D eigenvalue weighted by atomic mass is 10.0. The molecule has 0 fully saturated rings. The van der Waals surface area contributed by atoms with Crippen molar-refractivity contribution in [2.45, 2.75) is 32.1 Å². The van der Waals surface area contributed by atoms with Crippen LogP contribution in [0.4, 0.5) is 0 Å². The van der Waals surface area contributed by atoms with Gasteiger partial charge >= 0.3 is 5.97 Å². The lowest BCUT2D eigenvalue weighted by Gasteiger charge is -2.09. The first-order chi connectivity index (χ1) is 7.70. The predicted molar refractivity (Wildman–Crippen MR) is 69.3 cm³/mol. The Labute approximate surface area is 109 Å². The van der Waals surface area contributed by atoms with Crippen molar-refractivity contribution in [2.24, 2.45) is 0 Å². The normalized spacial score (nSPS) is 18.2. The van der Waals surface area contributed by atoms with Crippen molar-refractivity contribution in [1.29, 1.82) is 0 Å². The van der Waals surface area contributed by atoms with Crippen LogP contribution in [-0.4, -0.2) is 17.6 Å². The highest BCUT2D eigenvalue weighted by Gasteiger charge is 2.26. The minimum Gasteiger partial charge on any atom is -0.466 e. The minimum absolute atomic E-state index is 0.110. The van der Waals surface area contributed by atoms with Crippen molar-refractivity contribution in [1.82, 2.24) is 4.98 Å².